The number of carbonyl (C=O) groups is 1. The zero-order chi connectivity index (χ0) is 24.4. The molecule has 0 radical (unpaired) electrons. The lowest BCUT2D eigenvalue weighted by atomic mass is 9.95. The molecule has 0 bridgehead atoms. The van der Waals surface area contributed by atoms with E-state index < -0.39 is 12.0 Å². The van der Waals surface area contributed by atoms with Crippen molar-refractivity contribution in [3.05, 3.63) is 94.2 Å². The predicted molar refractivity (Wildman–Crippen MR) is 142 cm³/mol. The van der Waals surface area contributed by atoms with E-state index in [0.29, 0.717) is 26.4 Å². The number of rotatable bonds is 6. The van der Waals surface area contributed by atoms with E-state index in [1.165, 1.54) is 11.3 Å². The second-order valence-electron chi connectivity index (χ2n) is 8.06. The van der Waals surface area contributed by atoms with Gasteiger partial charge in [0.15, 0.2) is 4.80 Å². The monoisotopic (exact) mass is 588 g/mol. The minimum absolute atomic E-state index is 0.0753. The van der Waals surface area contributed by atoms with Gasteiger partial charge in [0.1, 0.15) is 11.8 Å². The van der Waals surface area contributed by atoms with E-state index in [0.717, 1.165) is 14.7 Å². The number of allylic oxidation sites excluding steroid dienone is 1. The number of carbonyl (C=O) groups excluding carboxylic acids is 1. The Hall–Kier alpha value is -2.72. The molecule has 1 atom stereocenters. The third kappa shape index (κ3) is 4.88. The number of aromatic nitrogens is 1. The molecule has 0 unspecified atom stereocenters. The van der Waals surface area contributed by atoms with Gasteiger partial charge < -0.3 is 9.47 Å². The van der Waals surface area contributed by atoms with E-state index in [1.54, 1.807) is 18.4 Å². The molecule has 1 aromatic heterocycles. The first-order valence-electron chi connectivity index (χ1n) is 11.0. The quantitative estimate of drug-likeness (QED) is 0.320. The lowest BCUT2D eigenvalue weighted by Crippen LogP contribution is -2.40. The Bertz CT molecular complexity index is 1450. The number of esters is 1. The van der Waals surface area contributed by atoms with Gasteiger partial charge in [-0.25, -0.2) is 9.79 Å². The first kappa shape index (κ1) is 24.4. The van der Waals surface area contributed by atoms with Crippen LogP contribution in [0.3, 0.4) is 0 Å². The summed E-state index contributed by atoms with van der Waals surface area (Å²) in [6.45, 7) is 7.65. The van der Waals surface area contributed by atoms with Crippen LogP contribution in [0, 0.1) is 3.57 Å². The van der Waals surface area contributed by atoms with Gasteiger partial charge in [0.05, 0.1) is 28.5 Å². The molecule has 0 saturated heterocycles. The molecule has 0 amide bonds. The van der Waals surface area contributed by atoms with Crippen LogP contribution in [0.4, 0.5) is 0 Å². The Labute approximate surface area is 215 Å². The van der Waals surface area contributed by atoms with E-state index in [9.17, 15) is 9.59 Å². The first-order valence-corrected chi connectivity index (χ1v) is 12.9. The fourth-order valence-electron chi connectivity index (χ4n) is 3.90. The average molecular weight is 588 g/mol. The van der Waals surface area contributed by atoms with Gasteiger partial charge in [0.25, 0.3) is 5.56 Å². The summed E-state index contributed by atoms with van der Waals surface area (Å²) in [6.07, 6.45) is 1.79. The maximum atomic E-state index is 13.7. The van der Waals surface area contributed by atoms with Gasteiger partial charge in [-0.1, -0.05) is 41.7 Å². The number of hydrogen-bond acceptors (Lipinski definition) is 6. The number of thiazole rings is 1. The Kier molecular flexibility index (Phi) is 7.37. The van der Waals surface area contributed by atoms with Crippen molar-refractivity contribution < 1.29 is 14.3 Å². The van der Waals surface area contributed by atoms with Gasteiger partial charge in [-0.2, -0.15) is 0 Å². The third-order valence-electron chi connectivity index (χ3n) is 5.24. The smallest absolute Gasteiger partial charge is 0.338 e. The molecule has 8 heteroatoms. The number of hydrogen-bond donors (Lipinski definition) is 0. The van der Waals surface area contributed by atoms with Crippen LogP contribution in [0.1, 0.15) is 44.9 Å². The molecule has 3 aromatic rings. The number of fused-ring (bicyclic) bond motifs is 1. The summed E-state index contributed by atoms with van der Waals surface area (Å²) >= 11 is 3.56. The zero-order valence-corrected chi connectivity index (χ0v) is 22.3. The van der Waals surface area contributed by atoms with Gasteiger partial charge in [0.2, 0.25) is 0 Å². The van der Waals surface area contributed by atoms with E-state index in [1.807, 2.05) is 68.5 Å². The highest BCUT2D eigenvalue weighted by atomic mass is 127. The Morgan fingerprint density at radius 2 is 2.00 bits per heavy atom. The van der Waals surface area contributed by atoms with Crippen molar-refractivity contribution >= 4 is 46.0 Å². The van der Waals surface area contributed by atoms with Crippen LogP contribution >= 0.6 is 33.9 Å². The van der Waals surface area contributed by atoms with Gasteiger partial charge in [0, 0.05) is 9.13 Å². The van der Waals surface area contributed by atoms with Gasteiger partial charge in [-0.05, 0) is 80.1 Å². The summed E-state index contributed by atoms with van der Waals surface area (Å²) in [5.74, 6) is 0.131. The largest absolute Gasteiger partial charge is 0.491 e. The van der Waals surface area contributed by atoms with Crippen molar-refractivity contribution in [1.82, 2.24) is 4.57 Å². The summed E-state index contributed by atoms with van der Waals surface area (Å²) in [5.41, 5.74) is 2.31. The molecule has 0 spiro atoms. The fourth-order valence-corrected chi connectivity index (χ4v) is 5.51. The van der Waals surface area contributed by atoms with Crippen LogP contribution < -0.4 is 19.6 Å². The van der Waals surface area contributed by atoms with Crippen molar-refractivity contribution in [2.24, 2.45) is 4.99 Å². The van der Waals surface area contributed by atoms with Crippen molar-refractivity contribution in [3.63, 3.8) is 0 Å². The van der Waals surface area contributed by atoms with Crippen molar-refractivity contribution in [3.8, 4) is 5.75 Å². The minimum Gasteiger partial charge on any atom is -0.491 e. The molecule has 2 heterocycles. The van der Waals surface area contributed by atoms with Crippen LogP contribution in [-0.2, 0) is 9.53 Å². The van der Waals surface area contributed by atoms with E-state index in [-0.39, 0.29) is 18.3 Å². The summed E-state index contributed by atoms with van der Waals surface area (Å²) < 4.78 is 14.7. The lowest BCUT2D eigenvalue weighted by Gasteiger charge is -2.26. The predicted octanol–water partition coefficient (Wildman–Crippen LogP) is 4.19. The molecule has 0 N–H and O–H groups in total. The summed E-state index contributed by atoms with van der Waals surface area (Å²) in [6, 6.07) is 14.7. The Balaban J connectivity index is 1.99. The molecule has 0 aliphatic carbocycles. The van der Waals surface area contributed by atoms with E-state index in [2.05, 4.69) is 27.6 Å². The van der Waals surface area contributed by atoms with Crippen LogP contribution in [0.5, 0.6) is 5.75 Å². The summed E-state index contributed by atoms with van der Waals surface area (Å²) in [4.78, 5) is 32.0. The van der Waals surface area contributed by atoms with Crippen LogP contribution in [0.25, 0.3) is 6.08 Å². The maximum Gasteiger partial charge on any atom is 0.338 e. The molecule has 4 rings (SSSR count). The van der Waals surface area contributed by atoms with Gasteiger partial charge in [-0.15, -0.1) is 0 Å². The number of ether oxygens (including phenoxy) is 2. The Morgan fingerprint density at radius 3 is 2.71 bits per heavy atom. The maximum absolute atomic E-state index is 13.7. The van der Waals surface area contributed by atoms with Crippen molar-refractivity contribution in [2.75, 3.05) is 6.61 Å². The van der Waals surface area contributed by atoms with Gasteiger partial charge >= 0.3 is 5.97 Å². The van der Waals surface area contributed by atoms with Crippen LogP contribution in [-0.4, -0.2) is 23.2 Å². The van der Waals surface area contributed by atoms with E-state index in [4.69, 9.17) is 9.47 Å². The standard InChI is InChI=1S/C26H25IN2O4S/c1-5-32-25(31)22-16(4)28-26-29(23(22)19-11-6-7-12-20(19)33-15(2)3)24(30)21(34-26)14-17-9-8-10-18(27)13-17/h6-15,23H,5H2,1-4H3/b21-14+/t23-/m1/s1. The SMILES string of the molecule is CCOC(=O)C1=C(C)N=c2s/c(=C/c3cccc(I)c3)c(=O)n2[C@@H]1c1ccccc1OC(C)C. The molecule has 34 heavy (non-hydrogen) atoms. The van der Waals surface area contributed by atoms with E-state index >= 15 is 0 Å². The fraction of sp³-hybridized carbons (Fsp3) is 0.269. The van der Waals surface area contributed by atoms with Crippen molar-refractivity contribution in [2.45, 2.75) is 39.8 Å². The average Bonchev–Trinajstić information content (AvgIpc) is 3.07. The number of nitrogens with zero attached hydrogens (tertiary/aromatic N) is 2. The first-order chi connectivity index (χ1) is 16.3. The molecule has 0 saturated carbocycles. The highest BCUT2D eigenvalue weighted by Crippen LogP contribution is 2.36. The molecular formula is C26H25IN2O4S. The molecule has 6 nitrogen and oxygen atoms in total. The molecule has 1 aliphatic rings. The normalized spacial score (nSPS) is 15.8. The number of halogens is 1. The lowest BCUT2D eigenvalue weighted by molar-refractivity contribution is -0.139. The highest BCUT2D eigenvalue weighted by Gasteiger charge is 2.35. The van der Waals surface area contributed by atoms with Gasteiger partial charge in [-0.3, -0.25) is 9.36 Å². The third-order valence-corrected chi connectivity index (χ3v) is 6.89. The second-order valence-corrected chi connectivity index (χ2v) is 10.3. The van der Waals surface area contributed by atoms with Crippen LogP contribution in [0.2, 0.25) is 0 Å². The molecular weight excluding hydrogens is 563 g/mol. The molecule has 2 aromatic carbocycles. The minimum atomic E-state index is -0.705. The molecule has 0 fully saturated rings. The second kappa shape index (κ2) is 10.3. The molecule has 176 valence electrons. The number of benzene rings is 2. The topological polar surface area (TPSA) is 69.9 Å². The summed E-state index contributed by atoms with van der Waals surface area (Å²) in [7, 11) is 0. The Morgan fingerprint density at radius 1 is 1.24 bits per heavy atom. The number of para-hydroxylation sites is 1. The zero-order valence-electron chi connectivity index (χ0n) is 19.4. The highest BCUT2D eigenvalue weighted by molar-refractivity contribution is 14.1. The summed E-state index contributed by atoms with van der Waals surface area (Å²) in [5, 5.41) is 0. The van der Waals surface area contributed by atoms with Crippen LogP contribution in [0.15, 0.2) is 69.6 Å². The molecule has 1 aliphatic heterocycles. The van der Waals surface area contributed by atoms with Crippen molar-refractivity contribution in [1.29, 1.82) is 0 Å².